The summed E-state index contributed by atoms with van der Waals surface area (Å²) >= 11 is 11.7. The standard InChI is InChI=1S/C15H14Cl2N2O3S/c1-2-18-15(20)10-4-3-5-13(6-10)19-23(21,22)14-8-11(16)7-12(17)9-14/h3-9,19H,2H2,1H3,(H,18,20). The number of sulfonamides is 1. The van der Waals surface area contributed by atoms with E-state index in [-0.39, 0.29) is 26.5 Å². The van der Waals surface area contributed by atoms with E-state index < -0.39 is 10.0 Å². The number of amides is 1. The first kappa shape index (κ1) is 17.6. The molecule has 0 unspecified atom stereocenters. The summed E-state index contributed by atoms with van der Waals surface area (Å²) in [6.45, 7) is 2.28. The second kappa shape index (κ2) is 7.21. The molecule has 2 aromatic rings. The molecule has 0 bridgehead atoms. The third kappa shape index (κ3) is 4.60. The van der Waals surface area contributed by atoms with Gasteiger partial charge < -0.3 is 5.32 Å². The van der Waals surface area contributed by atoms with Crippen LogP contribution < -0.4 is 10.0 Å². The van der Waals surface area contributed by atoms with Crippen LogP contribution in [-0.2, 0) is 10.0 Å². The molecule has 0 aliphatic carbocycles. The highest BCUT2D eigenvalue weighted by Crippen LogP contribution is 2.24. The van der Waals surface area contributed by atoms with Gasteiger partial charge >= 0.3 is 0 Å². The predicted octanol–water partition coefficient (Wildman–Crippen LogP) is 3.54. The van der Waals surface area contributed by atoms with Crippen LogP contribution in [0.25, 0.3) is 0 Å². The van der Waals surface area contributed by atoms with Gasteiger partial charge in [-0.3, -0.25) is 9.52 Å². The topological polar surface area (TPSA) is 75.3 Å². The van der Waals surface area contributed by atoms with Crippen LogP contribution in [0.5, 0.6) is 0 Å². The molecule has 0 aliphatic heterocycles. The van der Waals surface area contributed by atoms with Crippen molar-refractivity contribution in [2.45, 2.75) is 11.8 Å². The van der Waals surface area contributed by atoms with Crippen molar-refractivity contribution in [1.82, 2.24) is 5.32 Å². The molecule has 23 heavy (non-hydrogen) atoms. The monoisotopic (exact) mass is 372 g/mol. The van der Waals surface area contributed by atoms with Crippen molar-refractivity contribution in [2.75, 3.05) is 11.3 Å². The fourth-order valence-electron chi connectivity index (χ4n) is 1.88. The lowest BCUT2D eigenvalue weighted by Gasteiger charge is -2.10. The van der Waals surface area contributed by atoms with Gasteiger partial charge in [0.25, 0.3) is 15.9 Å². The van der Waals surface area contributed by atoms with Gasteiger partial charge in [-0.15, -0.1) is 0 Å². The smallest absolute Gasteiger partial charge is 0.261 e. The van der Waals surface area contributed by atoms with E-state index in [4.69, 9.17) is 23.2 Å². The molecule has 2 N–H and O–H groups in total. The minimum absolute atomic E-state index is 0.0570. The number of rotatable bonds is 5. The summed E-state index contributed by atoms with van der Waals surface area (Å²) in [6.07, 6.45) is 0. The average molecular weight is 373 g/mol. The van der Waals surface area contributed by atoms with Gasteiger partial charge in [-0.05, 0) is 43.3 Å². The van der Waals surface area contributed by atoms with Crippen molar-refractivity contribution < 1.29 is 13.2 Å². The molecule has 0 saturated heterocycles. The van der Waals surface area contributed by atoms with E-state index in [2.05, 4.69) is 10.0 Å². The molecule has 0 radical (unpaired) electrons. The van der Waals surface area contributed by atoms with Crippen LogP contribution in [0.3, 0.4) is 0 Å². The Kier molecular flexibility index (Phi) is 5.51. The van der Waals surface area contributed by atoms with E-state index in [1.54, 1.807) is 25.1 Å². The lowest BCUT2D eigenvalue weighted by molar-refractivity contribution is 0.0956. The number of hydrogen-bond donors (Lipinski definition) is 2. The Morgan fingerprint density at radius 2 is 1.74 bits per heavy atom. The average Bonchev–Trinajstić information content (AvgIpc) is 2.46. The summed E-state index contributed by atoms with van der Waals surface area (Å²) < 4.78 is 27.2. The molecule has 2 rings (SSSR count). The number of carbonyl (C=O) groups is 1. The molecule has 0 aliphatic rings. The zero-order valence-corrected chi connectivity index (χ0v) is 14.5. The molecule has 2 aromatic carbocycles. The number of anilines is 1. The highest BCUT2D eigenvalue weighted by molar-refractivity contribution is 7.92. The summed E-state index contributed by atoms with van der Waals surface area (Å²) in [7, 11) is -3.86. The molecule has 0 aromatic heterocycles. The van der Waals surface area contributed by atoms with Crippen molar-refractivity contribution in [1.29, 1.82) is 0 Å². The molecule has 0 fully saturated rings. The fourth-order valence-corrected chi connectivity index (χ4v) is 3.66. The van der Waals surface area contributed by atoms with Crippen LogP contribution in [0, 0.1) is 0 Å². The van der Waals surface area contributed by atoms with E-state index in [0.29, 0.717) is 12.1 Å². The third-order valence-corrected chi connectivity index (χ3v) is 4.66. The van der Waals surface area contributed by atoms with E-state index in [9.17, 15) is 13.2 Å². The molecule has 8 heteroatoms. The molecule has 0 saturated carbocycles. The zero-order chi connectivity index (χ0) is 17.0. The number of hydrogen-bond acceptors (Lipinski definition) is 3. The molecule has 0 heterocycles. The molecule has 122 valence electrons. The second-order valence-electron chi connectivity index (χ2n) is 4.65. The van der Waals surface area contributed by atoms with Gasteiger partial charge in [-0.2, -0.15) is 0 Å². The van der Waals surface area contributed by atoms with Gasteiger partial charge in [-0.1, -0.05) is 29.3 Å². The van der Waals surface area contributed by atoms with E-state index in [0.717, 1.165) is 0 Å². The van der Waals surface area contributed by atoms with Crippen molar-refractivity contribution in [3.05, 3.63) is 58.1 Å². The highest BCUT2D eigenvalue weighted by atomic mass is 35.5. The van der Waals surface area contributed by atoms with E-state index >= 15 is 0 Å². The summed E-state index contributed by atoms with van der Waals surface area (Å²) in [6, 6.07) is 10.2. The van der Waals surface area contributed by atoms with Crippen molar-refractivity contribution >= 4 is 44.8 Å². The number of nitrogens with one attached hydrogen (secondary N) is 2. The SMILES string of the molecule is CCNC(=O)c1cccc(NS(=O)(=O)c2cc(Cl)cc(Cl)c2)c1. The summed E-state index contributed by atoms with van der Waals surface area (Å²) in [5, 5.41) is 3.08. The first-order valence-electron chi connectivity index (χ1n) is 6.69. The minimum Gasteiger partial charge on any atom is -0.352 e. The zero-order valence-electron chi connectivity index (χ0n) is 12.1. The predicted molar refractivity (Wildman–Crippen MR) is 91.7 cm³/mol. The van der Waals surface area contributed by atoms with Gasteiger partial charge in [0.15, 0.2) is 0 Å². The van der Waals surface area contributed by atoms with E-state index in [1.165, 1.54) is 24.3 Å². The van der Waals surface area contributed by atoms with Crippen molar-refractivity contribution in [2.24, 2.45) is 0 Å². The molecule has 1 amide bonds. The van der Waals surface area contributed by atoms with Gasteiger partial charge in [0, 0.05) is 27.8 Å². The quantitative estimate of drug-likeness (QED) is 0.842. The van der Waals surface area contributed by atoms with Crippen LogP contribution in [-0.4, -0.2) is 20.9 Å². The van der Waals surface area contributed by atoms with Crippen molar-refractivity contribution in [3.63, 3.8) is 0 Å². The first-order chi connectivity index (χ1) is 10.8. The Balaban J connectivity index is 2.30. The maximum absolute atomic E-state index is 12.4. The fraction of sp³-hybridized carbons (Fsp3) is 0.133. The normalized spacial score (nSPS) is 11.1. The molecular formula is C15H14Cl2N2O3S. The Morgan fingerprint density at radius 3 is 2.35 bits per heavy atom. The number of carbonyl (C=O) groups excluding carboxylic acids is 1. The van der Waals surface area contributed by atoms with Gasteiger partial charge in [0.05, 0.1) is 4.90 Å². The maximum Gasteiger partial charge on any atom is 0.261 e. The van der Waals surface area contributed by atoms with Crippen LogP contribution >= 0.6 is 23.2 Å². The lowest BCUT2D eigenvalue weighted by atomic mass is 10.2. The summed E-state index contributed by atoms with van der Waals surface area (Å²) in [5.74, 6) is -0.278. The van der Waals surface area contributed by atoms with Gasteiger partial charge in [-0.25, -0.2) is 8.42 Å². The molecule has 0 spiro atoms. The molecule has 0 atom stereocenters. The van der Waals surface area contributed by atoms with Gasteiger partial charge in [0.1, 0.15) is 0 Å². The number of halogens is 2. The van der Waals surface area contributed by atoms with Gasteiger partial charge in [0.2, 0.25) is 0 Å². The van der Waals surface area contributed by atoms with Crippen LogP contribution in [0.15, 0.2) is 47.4 Å². The third-order valence-electron chi connectivity index (χ3n) is 2.86. The Bertz CT molecular complexity index is 818. The Labute approximate surface area is 144 Å². The summed E-state index contributed by atoms with van der Waals surface area (Å²) in [4.78, 5) is 11.7. The Hall–Kier alpha value is -1.76. The maximum atomic E-state index is 12.4. The lowest BCUT2D eigenvalue weighted by Crippen LogP contribution is -2.22. The Morgan fingerprint density at radius 1 is 1.09 bits per heavy atom. The van der Waals surface area contributed by atoms with Crippen LogP contribution in [0.2, 0.25) is 10.0 Å². The van der Waals surface area contributed by atoms with E-state index in [1.807, 2.05) is 0 Å². The summed E-state index contributed by atoms with van der Waals surface area (Å²) in [5.41, 5.74) is 0.626. The molecule has 5 nitrogen and oxygen atoms in total. The first-order valence-corrected chi connectivity index (χ1v) is 8.93. The largest absolute Gasteiger partial charge is 0.352 e. The molecular weight excluding hydrogens is 359 g/mol. The van der Waals surface area contributed by atoms with Crippen LogP contribution in [0.4, 0.5) is 5.69 Å². The van der Waals surface area contributed by atoms with Crippen LogP contribution in [0.1, 0.15) is 17.3 Å². The number of benzene rings is 2. The highest BCUT2D eigenvalue weighted by Gasteiger charge is 2.16. The second-order valence-corrected chi connectivity index (χ2v) is 7.21. The van der Waals surface area contributed by atoms with Crippen molar-refractivity contribution in [3.8, 4) is 0 Å². The minimum atomic E-state index is -3.86.